The van der Waals surface area contributed by atoms with Gasteiger partial charge in [0.15, 0.2) is 0 Å². The van der Waals surface area contributed by atoms with Crippen LogP contribution in [0.4, 0.5) is 0 Å². The molecule has 0 radical (unpaired) electrons. The number of hydrogen-bond acceptors (Lipinski definition) is 5. The Balaban J connectivity index is 2.24. The molecule has 2 heterocycles. The molecule has 5 heteroatoms. The van der Waals surface area contributed by atoms with Gasteiger partial charge in [0, 0.05) is 28.2 Å². The van der Waals surface area contributed by atoms with Gasteiger partial charge in [0.25, 0.3) is 0 Å². The lowest BCUT2D eigenvalue weighted by molar-refractivity contribution is 0.223. The maximum atomic E-state index is 9.98. The van der Waals surface area contributed by atoms with Gasteiger partial charge in [0.1, 0.15) is 18.2 Å². The summed E-state index contributed by atoms with van der Waals surface area (Å²) in [6, 6.07) is 1.81. The van der Waals surface area contributed by atoms with Gasteiger partial charge in [-0.25, -0.2) is 9.97 Å². The molecular formula is C10H10N2O2S. The number of aliphatic hydroxyl groups excluding tert-OH is 1. The second-order valence-electron chi connectivity index (χ2n) is 2.96. The number of nitrogens with zero attached hydrogens (tertiary/aromatic N) is 2. The first-order valence-corrected chi connectivity index (χ1v) is 5.24. The zero-order valence-corrected chi connectivity index (χ0v) is 8.94. The van der Waals surface area contributed by atoms with Crippen LogP contribution in [0.15, 0.2) is 30.2 Å². The van der Waals surface area contributed by atoms with Crippen molar-refractivity contribution in [2.75, 3.05) is 7.11 Å². The molecular weight excluding hydrogens is 212 g/mol. The van der Waals surface area contributed by atoms with Crippen molar-refractivity contribution in [3.63, 3.8) is 0 Å². The summed E-state index contributed by atoms with van der Waals surface area (Å²) in [6.45, 7) is 0. The summed E-state index contributed by atoms with van der Waals surface area (Å²) >= 11 is 1.45. The molecule has 0 saturated heterocycles. The number of ether oxygens (including phenoxy) is 1. The lowest BCUT2D eigenvalue weighted by Crippen LogP contribution is -1.98. The molecule has 4 nitrogen and oxygen atoms in total. The van der Waals surface area contributed by atoms with Crippen LogP contribution in [-0.2, 0) is 0 Å². The van der Waals surface area contributed by atoms with Crippen molar-refractivity contribution in [2.24, 2.45) is 0 Å². The highest BCUT2D eigenvalue weighted by atomic mass is 32.1. The van der Waals surface area contributed by atoms with Crippen molar-refractivity contribution in [1.82, 2.24) is 9.97 Å². The Labute approximate surface area is 91.2 Å². The van der Waals surface area contributed by atoms with Gasteiger partial charge in [-0.3, -0.25) is 0 Å². The van der Waals surface area contributed by atoms with Crippen molar-refractivity contribution >= 4 is 11.3 Å². The molecule has 78 valence electrons. The van der Waals surface area contributed by atoms with Crippen LogP contribution < -0.4 is 4.74 Å². The summed E-state index contributed by atoms with van der Waals surface area (Å²) < 4.78 is 5.05. The Hall–Kier alpha value is -1.46. The van der Waals surface area contributed by atoms with Crippen molar-refractivity contribution in [3.05, 3.63) is 40.6 Å². The van der Waals surface area contributed by atoms with E-state index in [4.69, 9.17) is 4.74 Å². The number of rotatable bonds is 3. The standard InChI is InChI=1S/C10H10N2O2S/c1-14-8-2-9(15-5-8)10(13)7-3-11-6-12-4-7/h2-6,10,13H,1H3. The van der Waals surface area contributed by atoms with E-state index in [0.29, 0.717) is 5.56 Å². The molecule has 2 aromatic heterocycles. The number of methoxy groups -OCH3 is 1. The summed E-state index contributed by atoms with van der Waals surface area (Å²) in [5.74, 6) is 0.755. The van der Waals surface area contributed by atoms with E-state index >= 15 is 0 Å². The SMILES string of the molecule is COc1csc(C(O)c2cncnc2)c1. The van der Waals surface area contributed by atoms with E-state index in [-0.39, 0.29) is 0 Å². The van der Waals surface area contributed by atoms with Crippen LogP contribution >= 0.6 is 11.3 Å². The first-order valence-electron chi connectivity index (χ1n) is 4.36. The van der Waals surface area contributed by atoms with Crippen LogP contribution in [0, 0.1) is 0 Å². The van der Waals surface area contributed by atoms with Crippen molar-refractivity contribution in [2.45, 2.75) is 6.10 Å². The number of aromatic nitrogens is 2. The Morgan fingerprint density at radius 1 is 1.40 bits per heavy atom. The Morgan fingerprint density at radius 2 is 2.13 bits per heavy atom. The summed E-state index contributed by atoms with van der Waals surface area (Å²) in [5, 5.41) is 11.8. The minimum absolute atomic E-state index is 0.680. The van der Waals surface area contributed by atoms with E-state index in [1.54, 1.807) is 19.5 Å². The van der Waals surface area contributed by atoms with E-state index < -0.39 is 6.10 Å². The highest BCUT2D eigenvalue weighted by Crippen LogP contribution is 2.30. The van der Waals surface area contributed by atoms with Crippen LogP contribution in [0.3, 0.4) is 0 Å². The molecule has 0 bridgehead atoms. The maximum Gasteiger partial charge on any atom is 0.129 e. The molecule has 1 N–H and O–H groups in total. The van der Waals surface area contributed by atoms with E-state index in [2.05, 4.69) is 9.97 Å². The average molecular weight is 222 g/mol. The molecule has 0 aromatic carbocycles. The molecule has 1 atom stereocenters. The number of thiophene rings is 1. The molecule has 0 aliphatic heterocycles. The lowest BCUT2D eigenvalue weighted by Gasteiger charge is -2.06. The maximum absolute atomic E-state index is 9.98. The van der Waals surface area contributed by atoms with Crippen molar-refractivity contribution in [1.29, 1.82) is 0 Å². The van der Waals surface area contributed by atoms with Crippen molar-refractivity contribution < 1.29 is 9.84 Å². The third-order valence-corrected chi connectivity index (χ3v) is 2.96. The minimum atomic E-state index is -0.680. The van der Waals surface area contributed by atoms with Gasteiger partial charge in [0.2, 0.25) is 0 Å². The smallest absolute Gasteiger partial charge is 0.129 e. The normalized spacial score (nSPS) is 12.4. The fourth-order valence-corrected chi connectivity index (χ4v) is 2.07. The first kappa shape index (κ1) is 10.1. The molecule has 2 rings (SSSR count). The third kappa shape index (κ3) is 2.14. The molecule has 0 aliphatic carbocycles. The molecule has 0 saturated carbocycles. The van der Waals surface area contributed by atoms with Crippen LogP contribution in [-0.4, -0.2) is 22.2 Å². The van der Waals surface area contributed by atoms with Gasteiger partial charge in [0.05, 0.1) is 7.11 Å². The van der Waals surface area contributed by atoms with Crippen LogP contribution in [0.5, 0.6) is 5.75 Å². The number of hydrogen-bond donors (Lipinski definition) is 1. The topological polar surface area (TPSA) is 55.2 Å². The van der Waals surface area contributed by atoms with Gasteiger partial charge in [-0.05, 0) is 6.07 Å². The van der Waals surface area contributed by atoms with Gasteiger partial charge in [-0.1, -0.05) is 0 Å². The minimum Gasteiger partial charge on any atom is -0.496 e. The fourth-order valence-electron chi connectivity index (χ4n) is 1.20. The summed E-state index contributed by atoms with van der Waals surface area (Å²) in [7, 11) is 1.60. The first-order chi connectivity index (χ1) is 7.31. The molecule has 15 heavy (non-hydrogen) atoms. The fraction of sp³-hybridized carbons (Fsp3) is 0.200. The monoisotopic (exact) mass is 222 g/mol. The Kier molecular flexibility index (Phi) is 2.94. The van der Waals surface area contributed by atoms with E-state index in [1.165, 1.54) is 17.7 Å². The predicted molar refractivity (Wildman–Crippen MR) is 57.0 cm³/mol. The summed E-state index contributed by atoms with van der Waals surface area (Å²) in [6.07, 6.45) is 3.96. The second-order valence-corrected chi connectivity index (χ2v) is 3.91. The third-order valence-electron chi connectivity index (χ3n) is 2.00. The lowest BCUT2D eigenvalue weighted by atomic mass is 10.2. The molecule has 2 aromatic rings. The Bertz CT molecular complexity index is 430. The number of aliphatic hydroxyl groups is 1. The van der Waals surface area contributed by atoms with Crippen molar-refractivity contribution in [3.8, 4) is 5.75 Å². The van der Waals surface area contributed by atoms with E-state index in [9.17, 15) is 5.11 Å². The largest absolute Gasteiger partial charge is 0.496 e. The summed E-state index contributed by atoms with van der Waals surface area (Å²) in [4.78, 5) is 8.54. The van der Waals surface area contributed by atoms with Gasteiger partial charge in [-0.2, -0.15) is 0 Å². The van der Waals surface area contributed by atoms with E-state index in [0.717, 1.165) is 10.6 Å². The van der Waals surface area contributed by atoms with Gasteiger partial charge in [-0.15, -0.1) is 11.3 Å². The predicted octanol–water partition coefficient (Wildman–Crippen LogP) is 1.63. The highest BCUT2D eigenvalue weighted by molar-refractivity contribution is 7.10. The van der Waals surface area contributed by atoms with Gasteiger partial charge < -0.3 is 9.84 Å². The zero-order chi connectivity index (χ0) is 10.7. The molecule has 0 aliphatic rings. The average Bonchev–Trinajstić information content (AvgIpc) is 2.78. The second kappa shape index (κ2) is 4.37. The van der Waals surface area contributed by atoms with E-state index in [1.807, 2.05) is 11.4 Å². The summed E-state index contributed by atoms with van der Waals surface area (Å²) in [5.41, 5.74) is 0.682. The highest BCUT2D eigenvalue weighted by Gasteiger charge is 2.13. The molecule has 0 amide bonds. The molecule has 0 spiro atoms. The zero-order valence-electron chi connectivity index (χ0n) is 8.12. The quantitative estimate of drug-likeness (QED) is 0.857. The van der Waals surface area contributed by atoms with Crippen LogP contribution in [0.2, 0.25) is 0 Å². The van der Waals surface area contributed by atoms with Crippen LogP contribution in [0.1, 0.15) is 16.5 Å². The molecule has 0 fully saturated rings. The van der Waals surface area contributed by atoms with Crippen LogP contribution in [0.25, 0.3) is 0 Å². The van der Waals surface area contributed by atoms with Gasteiger partial charge >= 0.3 is 0 Å². The Morgan fingerprint density at radius 3 is 2.73 bits per heavy atom. The molecule has 1 unspecified atom stereocenters.